The van der Waals surface area contributed by atoms with Crippen LogP contribution in [-0.4, -0.2) is 12.3 Å². The molecule has 0 aliphatic rings. The van der Waals surface area contributed by atoms with Gasteiger partial charge < -0.3 is 9.05 Å². The van der Waals surface area contributed by atoms with Crippen LogP contribution in [0.15, 0.2) is 37.1 Å². The molecule has 0 amide bonds. The van der Waals surface area contributed by atoms with Crippen LogP contribution in [0, 0.1) is 5.82 Å². The van der Waals surface area contributed by atoms with Gasteiger partial charge in [-0.05, 0) is 12.1 Å². The van der Waals surface area contributed by atoms with E-state index in [9.17, 15) is 22.1 Å². The average Bonchev–Trinajstić information content (AvgIpc) is 2.18. The Kier molecular flexibility index (Phi) is 4.40. The maximum atomic E-state index is 13.2. The fourth-order valence-electron chi connectivity index (χ4n) is 1.09. The molecule has 100 valence electrons. The Morgan fingerprint density at radius 3 is 2.44 bits per heavy atom. The summed E-state index contributed by atoms with van der Waals surface area (Å²) in [7, 11) is -4.57. The first-order valence-electron chi connectivity index (χ1n) is 4.65. The van der Waals surface area contributed by atoms with Gasteiger partial charge in [0.1, 0.15) is 0 Å². The molecule has 1 unspecified atom stereocenters. The third kappa shape index (κ3) is 4.41. The van der Waals surface area contributed by atoms with Crippen molar-refractivity contribution in [3.8, 4) is 5.75 Å². The molecule has 0 spiro atoms. The SMILES string of the molecule is C=COP(=O)(CC(F)(F)F)Oc1ccccc1F. The van der Waals surface area contributed by atoms with Crippen LogP contribution in [-0.2, 0) is 9.09 Å². The molecule has 0 aliphatic heterocycles. The lowest BCUT2D eigenvalue weighted by Crippen LogP contribution is -2.17. The highest BCUT2D eigenvalue weighted by atomic mass is 31.2. The van der Waals surface area contributed by atoms with Gasteiger partial charge >= 0.3 is 13.8 Å². The first-order chi connectivity index (χ1) is 8.26. The standard InChI is InChI=1S/C10H9F4O3P/c1-2-16-18(15,7-10(12,13)14)17-9-6-4-3-5-8(9)11/h2-6H,1,7H2. The van der Waals surface area contributed by atoms with Crippen LogP contribution in [0.2, 0.25) is 0 Å². The van der Waals surface area contributed by atoms with E-state index in [2.05, 4.69) is 15.6 Å². The van der Waals surface area contributed by atoms with Crippen molar-refractivity contribution in [3.05, 3.63) is 42.9 Å². The second-order valence-corrected chi connectivity index (χ2v) is 5.11. The van der Waals surface area contributed by atoms with E-state index < -0.39 is 31.5 Å². The van der Waals surface area contributed by atoms with Crippen LogP contribution in [0.1, 0.15) is 0 Å². The molecule has 3 nitrogen and oxygen atoms in total. The maximum absolute atomic E-state index is 13.2. The summed E-state index contributed by atoms with van der Waals surface area (Å²) in [5.41, 5.74) is 0. The number of alkyl halides is 3. The lowest BCUT2D eigenvalue weighted by molar-refractivity contribution is -0.109. The number of rotatable bonds is 5. The molecule has 0 heterocycles. The maximum Gasteiger partial charge on any atom is 0.439 e. The van der Waals surface area contributed by atoms with Crippen molar-refractivity contribution >= 4 is 7.60 Å². The summed E-state index contributed by atoms with van der Waals surface area (Å²) >= 11 is 0. The summed E-state index contributed by atoms with van der Waals surface area (Å²) in [6, 6.07) is 4.64. The van der Waals surface area contributed by atoms with Crippen molar-refractivity contribution in [2.45, 2.75) is 6.18 Å². The van der Waals surface area contributed by atoms with Gasteiger partial charge in [-0.2, -0.15) is 13.2 Å². The van der Waals surface area contributed by atoms with E-state index in [0.29, 0.717) is 6.26 Å². The van der Waals surface area contributed by atoms with Gasteiger partial charge in [0.15, 0.2) is 17.7 Å². The summed E-state index contributed by atoms with van der Waals surface area (Å²) in [6.07, 6.45) is -6.04. The molecule has 0 aromatic heterocycles. The Bertz CT molecular complexity index is 472. The number of hydrogen-bond donors (Lipinski definition) is 0. The van der Waals surface area contributed by atoms with Gasteiger partial charge in [0.25, 0.3) is 0 Å². The number of hydrogen-bond acceptors (Lipinski definition) is 3. The Hall–Kier alpha value is -1.49. The molecule has 18 heavy (non-hydrogen) atoms. The predicted molar refractivity (Wildman–Crippen MR) is 56.8 cm³/mol. The normalized spacial score (nSPS) is 14.7. The monoisotopic (exact) mass is 284 g/mol. The van der Waals surface area contributed by atoms with Gasteiger partial charge in [-0.25, -0.2) is 8.96 Å². The molecule has 0 saturated carbocycles. The minimum atomic E-state index is -4.77. The zero-order valence-electron chi connectivity index (χ0n) is 8.98. The molecular weight excluding hydrogens is 275 g/mol. The highest BCUT2D eigenvalue weighted by Crippen LogP contribution is 2.52. The van der Waals surface area contributed by atoms with Crippen LogP contribution < -0.4 is 4.52 Å². The smallest absolute Gasteiger partial charge is 0.424 e. The van der Waals surface area contributed by atoms with Crippen molar-refractivity contribution in [2.75, 3.05) is 6.16 Å². The van der Waals surface area contributed by atoms with Gasteiger partial charge in [0.05, 0.1) is 6.26 Å². The van der Waals surface area contributed by atoms with Crippen molar-refractivity contribution in [1.29, 1.82) is 0 Å². The molecular formula is C10H9F4O3P. The van der Waals surface area contributed by atoms with E-state index in [0.717, 1.165) is 12.1 Å². The van der Waals surface area contributed by atoms with Crippen LogP contribution in [0.3, 0.4) is 0 Å². The minimum absolute atomic E-state index is 0.563. The second-order valence-electron chi connectivity index (χ2n) is 3.18. The third-order valence-corrected chi connectivity index (χ3v) is 3.37. The van der Waals surface area contributed by atoms with Crippen molar-refractivity contribution in [1.82, 2.24) is 0 Å². The Labute approximate surface area is 101 Å². The van der Waals surface area contributed by atoms with Gasteiger partial charge in [0, 0.05) is 0 Å². The van der Waals surface area contributed by atoms with E-state index in [4.69, 9.17) is 0 Å². The topological polar surface area (TPSA) is 35.5 Å². The van der Waals surface area contributed by atoms with Crippen LogP contribution >= 0.6 is 7.60 Å². The van der Waals surface area contributed by atoms with Gasteiger partial charge in [-0.1, -0.05) is 18.7 Å². The van der Waals surface area contributed by atoms with Gasteiger partial charge in [0.2, 0.25) is 0 Å². The van der Waals surface area contributed by atoms with Crippen molar-refractivity contribution in [2.24, 2.45) is 0 Å². The summed E-state index contributed by atoms with van der Waals surface area (Å²) in [6.45, 7) is 3.00. The molecule has 0 fully saturated rings. The summed E-state index contributed by atoms with van der Waals surface area (Å²) in [4.78, 5) is 0. The molecule has 1 aromatic rings. The van der Waals surface area contributed by atoms with Crippen LogP contribution in [0.4, 0.5) is 17.6 Å². The fourth-order valence-corrected chi connectivity index (χ4v) is 2.39. The van der Waals surface area contributed by atoms with Gasteiger partial charge in [-0.15, -0.1) is 0 Å². The minimum Gasteiger partial charge on any atom is -0.424 e. The molecule has 0 aliphatic carbocycles. The molecule has 0 bridgehead atoms. The van der Waals surface area contributed by atoms with E-state index >= 15 is 0 Å². The van der Waals surface area contributed by atoms with Crippen molar-refractivity contribution < 1.29 is 31.2 Å². The first-order valence-corrected chi connectivity index (χ1v) is 6.38. The third-order valence-electron chi connectivity index (χ3n) is 1.68. The zero-order valence-corrected chi connectivity index (χ0v) is 9.88. The largest absolute Gasteiger partial charge is 0.439 e. The Morgan fingerprint density at radius 2 is 1.94 bits per heavy atom. The number of para-hydroxylation sites is 1. The van der Waals surface area contributed by atoms with Gasteiger partial charge in [-0.3, -0.25) is 0 Å². The molecule has 0 N–H and O–H groups in total. The molecule has 1 atom stereocenters. The van der Waals surface area contributed by atoms with Crippen molar-refractivity contribution in [3.63, 3.8) is 0 Å². The average molecular weight is 284 g/mol. The summed E-state index contributed by atoms with van der Waals surface area (Å²) in [5, 5.41) is 0. The molecule has 1 aromatic carbocycles. The van der Waals surface area contributed by atoms with E-state index in [1.165, 1.54) is 12.1 Å². The van der Waals surface area contributed by atoms with E-state index in [1.54, 1.807) is 0 Å². The van der Waals surface area contributed by atoms with E-state index in [-0.39, 0.29) is 0 Å². The second kappa shape index (κ2) is 5.44. The lowest BCUT2D eigenvalue weighted by atomic mass is 10.3. The molecule has 8 heteroatoms. The highest BCUT2D eigenvalue weighted by Gasteiger charge is 2.43. The summed E-state index contributed by atoms with van der Waals surface area (Å²) in [5.74, 6) is -1.51. The predicted octanol–water partition coefficient (Wildman–Crippen LogP) is 4.12. The first kappa shape index (κ1) is 14.6. The molecule has 0 radical (unpaired) electrons. The van der Waals surface area contributed by atoms with Crippen LogP contribution in [0.5, 0.6) is 5.75 Å². The quantitative estimate of drug-likeness (QED) is 0.463. The Balaban J connectivity index is 2.96. The van der Waals surface area contributed by atoms with Crippen LogP contribution in [0.25, 0.3) is 0 Å². The highest BCUT2D eigenvalue weighted by molar-refractivity contribution is 7.54. The molecule has 0 saturated heterocycles. The molecule has 1 rings (SSSR count). The lowest BCUT2D eigenvalue weighted by Gasteiger charge is -2.19. The Morgan fingerprint density at radius 1 is 1.33 bits per heavy atom. The van der Waals surface area contributed by atoms with E-state index in [1.807, 2.05) is 0 Å². The number of benzene rings is 1. The fraction of sp³-hybridized carbons (Fsp3) is 0.200. The number of halogens is 4. The zero-order chi connectivity index (χ0) is 13.8. The summed E-state index contributed by atoms with van der Waals surface area (Å²) < 4.78 is 70.4.